The summed E-state index contributed by atoms with van der Waals surface area (Å²) in [6.45, 7) is 4.17. The van der Waals surface area contributed by atoms with Crippen LogP contribution >= 0.6 is 38.9 Å². The van der Waals surface area contributed by atoms with E-state index in [1.807, 2.05) is 6.92 Å². The molecule has 1 fully saturated rings. The summed E-state index contributed by atoms with van der Waals surface area (Å²) in [5, 5.41) is 3.70. The first kappa shape index (κ1) is 16.7. The van der Waals surface area contributed by atoms with Crippen LogP contribution in [0.1, 0.15) is 26.2 Å². The number of piperidine rings is 1. The molecule has 0 amide bonds. The van der Waals surface area contributed by atoms with Gasteiger partial charge in [0, 0.05) is 19.1 Å². The van der Waals surface area contributed by atoms with Crippen molar-refractivity contribution in [2.24, 2.45) is 0 Å². The number of thiophene rings is 1. The van der Waals surface area contributed by atoms with Crippen molar-refractivity contribution in [3.8, 4) is 0 Å². The summed E-state index contributed by atoms with van der Waals surface area (Å²) in [6.07, 6.45) is 2.91. The van der Waals surface area contributed by atoms with Gasteiger partial charge < -0.3 is 5.32 Å². The summed E-state index contributed by atoms with van der Waals surface area (Å²) in [6, 6.07) is 1.57. The molecule has 0 saturated carbocycles. The quantitative estimate of drug-likeness (QED) is 0.823. The van der Waals surface area contributed by atoms with Crippen LogP contribution in [0.3, 0.4) is 0 Å². The molecule has 0 aliphatic carbocycles. The first-order valence-electron chi connectivity index (χ1n) is 6.64. The van der Waals surface area contributed by atoms with Gasteiger partial charge in [0.1, 0.15) is 4.21 Å². The van der Waals surface area contributed by atoms with E-state index in [2.05, 4.69) is 21.2 Å². The standard InChI is InChI=1S/C12H18BrClN2O2S2/c1-2-15-8-9-5-3-4-6-16(9)20(17,18)11-7-10(14)12(13)19-11/h7,9,15H,2-6,8H2,1H3. The van der Waals surface area contributed by atoms with Gasteiger partial charge in [-0.25, -0.2) is 8.42 Å². The van der Waals surface area contributed by atoms with Crippen molar-refractivity contribution in [1.82, 2.24) is 9.62 Å². The first-order chi connectivity index (χ1) is 9.46. The van der Waals surface area contributed by atoms with Gasteiger partial charge in [-0.3, -0.25) is 0 Å². The zero-order chi connectivity index (χ0) is 14.8. The minimum absolute atomic E-state index is 0.0355. The maximum atomic E-state index is 12.8. The molecule has 2 rings (SSSR count). The maximum absolute atomic E-state index is 12.8. The van der Waals surface area contributed by atoms with Crippen LogP contribution < -0.4 is 5.32 Å². The lowest BCUT2D eigenvalue weighted by Crippen LogP contribution is -2.48. The van der Waals surface area contributed by atoms with Crippen LogP contribution in [-0.2, 0) is 10.0 Å². The van der Waals surface area contributed by atoms with Crippen LogP contribution in [0.2, 0.25) is 5.02 Å². The zero-order valence-electron chi connectivity index (χ0n) is 11.2. The van der Waals surface area contributed by atoms with Crippen LogP contribution in [0.4, 0.5) is 0 Å². The molecule has 1 aliphatic heterocycles. The van der Waals surface area contributed by atoms with Gasteiger partial charge in [0.25, 0.3) is 10.0 Å². The highest BCUT2D eigenvalue weighted by Gasteiger charge is 2.34. The second-order valence-electron chi connectivity index (χ2n) is 4.76. The van der Waals surface area contributed by atoms with Crippen LogP contribution in [0.25, 0.3) is 0 Å². The zero-order valence-corrected chi connectivity index (χ0v) is 15.2. The number of nitrogens with zero attached hydrogens (tertiary/aromatic N) is 1. The molecule has 0 bridgehead atoms. The third-order valence-electron chi connectivity index (χ3n) is 3.39. The molecule has 0 aromatic carbocycles. The van der Waals surface area contributed by atoms with E-state index in [4.69, 9.17) is 11.6 Å². The molecule has 1 saturated heterocycles. The van der Waals surface area contributed by atoms with Gasteiger partial charge in [-0.05, 0) is 41.4 Å². The Labute approximate surface area is 137 Å². The average molecular weight is 402 g/mol. The molecule has 114 valence electrons. The molecule has 20 heavy (non-hydrogen) atoms. The average Bonchev–Trinajstić information content (AvgIpc) is 2.77. The lowest BCUT2D eigenvalue weighted by Gasteiger charge is -2.34. The fourth-order valence-electron chi connectivity index (χ4n) is 2.37. The van der Waals surface area contributed by atoms with Gasteiger partial charge in [0.15, 0.2) is 0 Å². The summed E-state index contributed by atoms with van der Waals surface area (Å²) < 4.78 is 28.1. The molecule has 8 heteroatoms. The second-order valence-corrected chi connectivity index (χ2v) is 9.65. The highest BCUT2D eigenvalue weighted by molar-refractivity contribution is 9.11. The molecule has 1 N–H and O–H groups in total. The molecule has 1 atom stereocenters. The Morgan fingerprint density at radius 3 is 2.90 bits per heavy atom. The summed E-state index contributed by atoms with van der Waals surface area (Å²) in [4.78, 5) is 0. The lowest BCUT2D eigenvalue weighted by molar-refractivity contribution is 0.247. The van der Waals surface area contributed by atoms with Gasteiger partial charge >= 0.3 is 0 Å². The number of rotatable bonds is 5. The van der Waals surface area contributed by atoms with Crippen molar-refractivity contribution < 1.29 is 8.42 Å². The molecule has 0 radical (unpaired) electrons. The number of hydrogen-bond donors (Lipinski definition) is 1. The van der Waals surface area contributed by atoms with Gasteiger partial charge in [0.05, 0.1) is 8.81 Å². The predicted octanol–water partition coefficient (Wildman–Crippen LogP) is 3.32. The largest absolute Gasteiger partial charge is 0.315 e. The Kier molecular flexibility index (Phi) is 5.90. The van der Waals surface area contributed by atoms with E-state index in [-0.39, 0.29) is 6.04 Å². The third-order valence-corrected chi connectivity index (χ3v) is 8.26. The van der Waals surface area contributed by atoms with Gasteiger partial charge in [0.2, 0.25) is 0 Å². The van der Waals surface area contributed by atoms with E-state index in [1.54, 1.807) is 4.31 Å². The van der Waals surface area contributed by atoms with E-state index in [0.29, 0.717) is 26.1 Å². The molecule has 0 spiro atoms. The van der Waals surface area contributed by atoms with Crippen LogP contribution in [-0.4, -0.2) is 38.4 Å². The highest BCUT2D eigenvalue weighted by Crippen LogP contribution is 2.37. The Balaban J connectivity index is 2.25. The monoisotopic (exact) mass is 400 g/mol. The SMILES string of the molecule is CCNCC1CCCCN1S(=O)(=O)c1cc(Cl)c(Br)s1. The van der Waals surface area contributed by atoms with E-state index in [0.717, 1.165) is 25.8 Å². The van der Waals surface area contributed by atoms with E-state index in [9.17, 15) is 8.42 Å². The normalized spacial score (nSPS) is 21.2. The Hall–Kier alpha value is 0.340. The van der Waals surface area contributed by atoms with Crippen molar-refractivity contribution in [2.45, 2.75) is 36.4 Å². The molecular weight excluding hydrogens is 384 g/mol. The minimum atomic E-state index is -3.45. The number of sulfonamides is 1. The minimum Gasteiger partial charge on any atom is -0.315 e. The molecule has 1 aromatic heterocycles. The maximum Gasteiger partial charge on any atom is 0.252 e. The summed E-state index contributed by atoms with van der Waals surface area (Å²) in [5.41, 5.74) is 0. The number of likely N-dealkylation sites (N-methyl/N-ethyl adjacent to an activating group) is 1. The van der Waals surface area contributed by atoms with E-state index < -0.39 is 10.0 Å². The van der Waals surface area contributed by atoms with Crippen molar-refractivity contribution in [1.29, 1.82) is 0 Å². The van der Waals surface area contributed by atoms with Crippen molar-refractivity contribution in [3.05, 3.63) is 14.9 Å². The fourth-order valence-corrected chi connectivity index (χ4v) is 6.60. The molecule has 4 nitrogen and oxygen atoms in total. The fraction of sp³-hybridized carbons (Fsp3) is 0.667. The lowest BCUT2D eigenvalue weighted by atomic mass is 10.1. The third kappa shape index (κ3) is 3.56. The van der Waals surface area contributed by atoms with Crippen LogP contribution in [0.15, 0.2) is 14.1 Å². The van der Waals surface area contributed by atoms with Crippen molar-refractivity contribution in [3.63, 3.8) is 0 Å². The predicted molar refractivity (Wildman–Crippen MR) is 87.1 cm³/mol. The van der Waals surface area contributed by atoms with Gasteiger partial charge in [-0.15, -0.1) is 11.3 Å². The molecule has 1 aliphatic rings. The first-order valence-corrected chi connectivity index (χ1v) is 10.1. The highest BCUT2D eigenvalue weighted by atomic mass is 79.9. The van der Waals surface area contributed by atoms with Crippen molar-refractivity contribution >= 4 is 48.9 Å². The molecular formula is C12H18BrClN2O2S2. The van der Waals surface area contributed by atoms with Crippen LogP contribution in [0.5, 0.6) is 0 Å². The van der Waals surface area contributed by atoms with Crippen LogP contribution in [0, 0.1) is 0 Å². The van der Waals surface area contributed by atoms with E-state index in [1.165, 1.54) is 17.4 Å². The molecule has 1 unspecified atom stereocenters. The Morgan fingerprint density at radius 2 is 2.30 bits per heavy atom. The summed E-state index contributed by atoms with van der Waals surface area (Å²) in [5.74, 6) is 0. The number of halogens is 2. The number of nitrogens with one attached hydrogen (secondary N) is 1. The van der Waals surface area contributed by atoms with Gasteiger partial charge in [-0.1, -0.05) is 24.9 Å². The Morgan fingerprint density at radius 1 is 1.55 bits per heavy atom. The second kappa shape index (κ2) is 7.07. The van der Waals surface area contributed by atoms with E-state index >= 15 is 0 Å². The number of hydrogen-bond acceptors (Lipinski definition) is 4. The topological polar surface area (TPSA) is 49.4 Å². The van der Waals surface area contributed by atoms with Gasteiger partial charge in [-0.2, -0.15) is 4.31 Å². The van der Waals surface area contributed by atoms with Crippen molar-refractivity contribution in [2.75, 3.05) is 19.6 Å². The summed E-state index contributed by atoms with van der Waals surface area (Å²) in [7, 11) is -3.45. The summed E-state index contributed by atoms with van der Waals surface area (Å²) >= 11 is 10.4. The molecule has 1 aromatic rings. The Bertz CT molecular complexity index is 542. The molecule has 2 heterocycles. The smallest absolute Gasteiger partial charge is 0.252 e.